The molecule has 1 aromatic heterocycles. The van der Waals surface area contributed by atoms with E-state index in [9.17, 15) is 9.59 Å². The monoisotopic (exact) mass is 250 g/mol. The molecule has 1 amide bonds. The Kier molecular flexibility index (Phi) is 4.97. The molecule has 0 fully saturated rings. The second kappa shape index (κ2) is 6.26. The third-order valence-corrected chi connectivity index (χ3v) is 2.69. The summed E-state index contributed by atoms with van der Waals surface area (Å²) in [5.74, 6) is -0.198. The first-order valence-electron chi connectivity index (χ1n) is 5.73. The van der Waals surface area contributed by atoms with E-state index in [2.05, 4.69) is 10.3 Å². The van der Waals surface area contributed by atoms with E-state index in [4.69, 9.17) is 4.74 Å². The first kappa shape index (κ1) is 14.3. The number of ether oxygens (including phenoxy) is 1. The first-order valence-corrected chi connectivity index (χ1v) is 5.73. The number of ketones is 1. The number of rotatable bonds is 5. The van der Waals surface area contributed by atoms with Gasteiger partial charge in [0.1, 0.15) is 6.10 Å². The van der Waals surface area contributed by atoms with Crippen LogP contribution in [0.4, 0.5) is 0 Å². The summed E-state index contributed by atoms with van der Waals surface area (Å²) < 4.78 is 4.90. The summed E-state index contributed by atoms with van der Waals surface area (Å²) in [5.41, 5.74) is 2.00. The summed E-state index contributed by atoms with van der Waals surface area (Å²) in [5, 5.41) is 2.71. The highest BCUT2D eigenvalue weighted by atomic mass is 16.5. The average Bonchev–Trinajstić information content (AvgIpc) is 2.34. The minimum absolute atomic E-state index is 0.0106. The third kappa shape index (κ3) is 3.63. The Bertz CT molecular complexity index is 458. The van der Waals surface area contributed by atoms with E-state index in [1.807, 2.05) is 0 Å². The number of Topliss-reactive ketones (excluding diaryl/α,β-unsaturated/α-hetero) is 1. The van der Waals surface area contributed by atoms with E-state index in [1.54, 1.807) is 26.0 Å². The molecule has 1 atom stereocenters. The Labute approximate surface area is 107 Å². The average molecular weight is 250 g/mol. The van der Waals surface area contributed by atoms with Crippen molar-refractivity contribution in [2.45, 2.75) is 33.4 Å². The fraction of sp³-hybridized carbons (Fsp3) is 0.462. The molecule has 0 aliphatic heterocycles. The molecular weight excluding hydrogens is 232 g/mol. The molecule has 18 heavy (non-hydrogen) atoms. The van der Waals surface area contributed by atoms with Crippen molar-refractivity contribution in [3.8, 4) is 0 Å². The molecule has 0 spiro atoms. The Balaban J connectivity index is 2.67. The maximum atomic E-state index is 11.5. The largest absolute Gasteiger partial charge is 0.372 e. The van der Waals surface area contributed by atoms with E-state index >= 15 is 0 Å². The fourth-order valence-corrected chi connectivity index (χ4v) is 1.51. The van der Waals surface area contributed by atoms with Crippen LogP contribution in [0.3, 0.4) is 0 Å². The van der Waals surface area contributed by atoms with Gasteiger partial charge in [0.05, 0.1) is 12.2 Å². The van der Waals surface area contributed by atoms with Crippen molar-refractivity contribution < 1.29 is 14.3 Å². The highest BCUT2D eigenvalue weighted by molar-refractivity contribution is 5.95. The number of pyridine rings is 1. The molecule has 0 saturated heterocycles. The number of amides is 1. The van der Waals surface area contributed by atoms with Crippen LogP contribution in [-0.2, 0) is 16.1 Å². The predicted octanol–water partition coefficient (Wildman–Crippen LogP) is 1.24. The van der Waals surface area contributed by atoms with Crippen molar-refractivity contribution in [1.29, 1.82) is 0 Å². The molecular formula is C13H18N2O3. The molecule has 0 aliphatic rings. The van der Waals surface area contributed by atoms with Crippen LogP contribution < -0.4 is 5.32 Å². The molecule has 0 aliphatic carbocycles. The highest BCUT2D eigenvalue weighted by Crippen LogP contribution is 2.07. The maximum absolute atomic E-state index is 11.5. The van der Waals surface area contributed by atoms with Crippen molar-refractivity contribution in [2.24, 2.45) is 0 Å². The van der Waals surface area contributed by atoms with Crippen LogP contribution in [-0.4, -0.2) is 29.9 Å². The van der Waals surface area contributed by atoms with Crippen molar-refractivity contribution in [2.75, 3.05) is 7.11 Å². The first-order chi connectivity index (χ1) is 8.45. The molecule has 0 bridgehead atoms. The van der Waals surface area contributed by atoms with Crippen LogP contribution in [0.5, 0.6) is 0 Å². The van der Waals surface area contributed by atoms with Crippen LogP contribution >= 0.6 is 0 Å². The summed E-state index contributed by atoms with van der Waals surface area (Å²) in [6, 6.07) is 3.47. The van der Waals surface area contributed by atoms with E-state index in [-0.39, 0.29) is 11.7 Å². The summed E-state index contributed by atoms with van der Waals surface area (Å²) >= 11 is 0. The van der Waals surface area contributed by atoms with Gasteiger partial charge in [-0.1, -0.05) is 0 Å². The smallest absolute Gasteiger partial charge is 0.249 e. The van der Waals surface area contributed by atoms with Gasteiger partial charge in [-0.15, -0.1) is 0 Å². The number of carbonyl (C=O) groups excluding carboxylic acids is 2. The minimum atomic E-state index is -0.484. The van der Waals surface area contributed by atoms with E-state index < -0.39 is 6.10 Å². The van der Waals surface area contributed by atoms with Crippen LogP contribution in [0.2, 0.25) is 0 Å². The van der Waals surface area contributed by atoms with Crippen LogP contribution in [0.15, 0.2) is 12.1 Å². The summed E-state index contributed by atoms with van der Waals surface area (Å²) in [6.45, 7) is 5.28. The molecule has 0 aromatic carbocycles. The Morgan fingerprint density at radius 1 is 1.44 bits per heavy atom. The van der Waals surface area contributed by atoms with E-state index in [0.29, 0.717) is 23.5 Å². The zero-order valence-corrected chi connectivity index (χ0v) is 11.1. The van der Waals surface area contributed by atoms with Gasteiger partial charge in [0.25, 0.3) is 0 Å². The number of carbonyl (C=O) groups is 2. The summed E-state index contributed by atoms with van der Waals surface area (Å²) in [6.07, 6.45) is -0.484. The lowest BCUT2D eigenvalue weighted by Crippen LogP contribution is -2.33. The van der Waals surface area contributed by atoms with E-state index in [0.717, 1.165) is 0 Å². The quantitative estimate of drug-likeness (QED) is 0.798. The Morgan fingerprint density at radius 2 is 2.11 bits per heavy atom. The molecule has 1 aromatic rings. The second-order valence-electron chi connectivity index (χ2n) is 4.09. The lowest BCUT2D eigenvalue weighted by Gasteiger charge is -2.10. The van der Waals surface area contributed by atoms with Crippen molar-refractivity contribution >= 4 is 11.7 Å². The van der Waals surface area contributed by atoms with Gasteiger partial charge in [-0.2, -0.15) is 0 Å². The molecule has 1 unspecified atom stereocenters. The van der Waals surface area contributed by atoms with Gasteiger partial charge >= 0.3 is 0 Å². The SMILES string of the molecule is COC(C)C(=O)NCc1ccc(C(C)=O)c(C)n1. The molecule has 1 rings (SSSR count). The maximum Gasteiger partial charge on any atom is 0.249 e. The van der Waals surface area contributed by atoms with Crippen molar-refractivity contribution in [1.82, 2.24) is 10.3 Å². The summed E-state index contributed by atoms with van der Waals surface area (Å²) in [7, 11) is 1.48. The topological polar surface area (TPSA) is 68.3 Å². The van der Waals surface area contributed by atoms with Crippen LogP contribution in [0.1, 0.15) is 35.6 Å². The van der Waals surface area contributed by atoms with Gasteiger partial charge in [0.2, 0.25) is 5.91 Å². The van der Waals surface area contributed by atoms with Gasteiger partial charge < -0.3 is 10.1 Å². The molecule has 0 saturated carbocycles. The highest BCUT2D eigenvalue weighted by Gasteiger charge is 2.11. The lowest BCUT2D eigenvalue weighted by molar-refractivity contribution is -0.130. The molecule has 0 radical (unpaired) electrons. The number of nitrogens with one attached hydrogen (secondary N) is 1. The number of hydrogen-bond donors (Lipinski definition) is 1. The van der Waals surface area contributed by atoms with Gasteiger partial charge in [0, 0.05) is 18.4 Å². The van der Waals surface area contributed by atoms with Gasteiger partial charge in [-0.05, 0) is 32.9 Å². The number of methoxy groups -OCH3 is 1. The lowest BCUT2D eigenvalue weighted by atomic mass is 10.1. The van der Waals surface area contributed by atoms with Crippen molar-refractivity contribution in [3.05, 3.63) is 29.1 Å². The molecule has 1 N–H and O–H groups in total. The Hall–Kier alpha value is -1.75. The number of nitrogens with zero attached hydrogens (tertiary/aromatic N) is 1. The molecule has 5 heteroatoms. The molecule has 98 valence electrons. The zero-order valence-electron chi connectivity index (χ0n) is 11.1. The number of aryl methyl sites for hydroxylation is 1. The van der Waals surface area contributed by atoms with Gasteiger partial charge in [-0.3, -0.25) is 14.6 Å². The Morgan fingerprint density at radius 3 is 2.61 bits per heavy atom. The number of hydrogen-bond acceptors (Lipinski definition) is 4. The molecule has 5 nitrogen and oxygen atoms in total. The van der Waals surface area contributed by atoms with Crippen molar-refractivity contribution in [3.63, 3.8) is 0 Å². The zero-order chi connectivity index (χ0) is 13.7. The van der Waals surface area contributed by atoms with E-state index in [1.165, 1.54) is 14.0 Å². The standard InChI is InChI=1S/C13H18N2O3/c1-8-12(9(2)16)6-5-11(15-8)7-14-13(17)10(3)18-4/h5-6,10H,7H2,1-4H3,(H,14,17). The fourth-order valence-electron chi connectivity index (χ4n) is 1.51. The minimum Gasteiger partial charge on any atom is -0.372 e. The van der Waals surface area contributed by atoms with Gasteiger partial charge in [-0.25, -0.2) is 0 Å². The normalized spacial score (nSPS) is 12.0. The van der Waals surface area contributed by atoms with Crippen LogP contribution in [0, 0.1) is 6.92 Å². The second-order valence-corrected chi connectivity index (χ2v) is 4.09. The van der Waals surface area contributed by atoms with Gasteiger partial charge in [0.15, 0.2) is 5.78 Å². The third-order valence-electron chi connectivity index (χ3n) is 2.69. The number of aromatic nitrogens is 1. The molecule has 1 heterocycles. The summed E-state index contributed by atoms with van der Waals surface area (Å²) in [4.78, 5) is 27.0. The van der Waals surface area contributed by atoms with Crippen LogP contribution in [0.25, 0.3) is 0 Å². The predicted molar refractivity (Wildman–Crippen MR) is 67.3 cm³/mol.